The van der Waals surface area contributed by atoms with Gasteiger partial charge in [-0.2, -0.15) is 5.10 Å². The Labute approximate surface area is 165 Å². The van der Waals surface area contributed by atoms with Crippen LogP contribution in [0.25, 0.3) is 22.2 Å². The number of ether oxygens (including phenoxy) is 1. The summed E-state index contributed by atoms with van der Waals surface area (Å²) in [5.41, 5.74) is 4.17. The van der Waals surface area contributed by atoms with Crippen molar-refractivity contribution in [2.24, 2.45) is 0 Å². The number of hydrogen-bond donors (Lipinski definition) is 1. The number of carbonyl (C=O) groups is 1. The maximum absolute atomic E-state index is 12.7. The predicted molar refractivity (Wildman–Crippen MR) is 108 cm³/mol. The minimum atomic E-state index is -0.414. The molecule has 1 amide bonds. The highest BCUT2D eigenvalue weighted by Gasteiger charge is 2.22. The first-order valence-electron chi connectivity index (χ1n) is 9.20. The molecule has 0 saturated carbocycles. The summed E-state index contributed by atoms with van der Waals surface area (Å²) in [4.78, 5) is 24.3. The van der Waals surface area contributed by atoms with E-state index in [-0.39, 0.29) is 12.5 Å². The van der Waals surface area contributed by atoms with E-state index in [9.17, 15) is 9.59 Å². The van der Waals surface area contributed by atoms with Gasteiger partial charge in [0.15, 0.2) is 0 Å². The predicted octanol–water partition coefficient (Wildman–Crippen LogP) is 3.50. The Morgan fingerprint density at radius 3 is 2.97 bits per heavy atom. The van der Waals surface area contributed by atoms with E-state index in [0.717, 1.165) is 33.5 Å². The second kappa shape index (κ2) is 6.63. The zero-order valence-electron chi connectivity index (χ0n) is 15.6. The molecule has 0 atom stereocenters. The Morgan fingerprint density at radius 2 is 2.07 bits per heavy atom. The number of benzene rings is 2. The summed E-state index contributed by atoms with van der Waals surface area (Å²) in [6.07, 6.45) is 1.73. The molecular weight excluding hydrogens is 370 g/mol. The van der Waals surface area contributed by atoms with Crippen molar-refractivity contribution >= 4 is 22.6 Å². The van der Waals surface area contributed by atoms with Gasteiger partial charge in [-0.25, -0.2) is 4.79 Å². The van der Waals surface area contributed by atoms with Crippen LogP contribution in [0, 0.1) is 6.92 Å². The summed E-state index contributed by atoms with van der Waals surface area (Å²) in [6, 6.07) is 14.4. The third-order valence-corrected chi connectivity index (χ3v) is 4.97. The Morgan fingerprint density at radius 1 is 1.21 bits per heavy atom. The molecule has 144 valence electrons. The first-order valence-corrected chi connectivity index (χ1v) is 9.20. The second-order valence-electron chi connectivity index (χ2n) is 6.97. The summed E-state index contributed by atoms with van der Waals surface area (Å²) in [7, 11) is 0. The smallest absolute Gasteiger partial charge is 0.336 e. The molecule has 2 aromatic carbocycles. The van der Waals surface area contributed by atoms with E-state index in [1.807, 2.05) is 37.3 Å². The molecule has 29 heavy (non-hydrogen) atoms. The average Bonchev–Trinajstić information content (AvgIpc) is 3.10. The highest BCUT2D eigenvalue weighted by atomic mass is 16.5. The molecule has 0 bridgehead atoms. The van der Waals surface area contributed by atoms with Gasteiger partial charge in [-0.15, -0.1) is 0 Å². The maximum atomic E-state index is 12.7. The Balaban J connectivity index is 1.41. The molecule has 0 radical (unpaired) electrons. The topological polar surface area (TPSA) is 86.4 Å². The number of amides is 1. The summed E-state index contributed by atoms with van der Waals surface area (Å²) in [5.74, 6) is 0.552. The first-order chi connectivity index (χ1) is 14.1. The van der Waals surface area contributed by atoms with E-state index in [0.29, 0.717) is 17.9 Å². The number of fused-ring (bicyclic) bond motifs is 4. The quantitative estimate of drug-likeness (QED) is 0.544. The summed E-state index contributed by atoms with van der Waals surface area (Å²) < 4.78 is 12.7. The van der Waals surface area contributed by atoms with E-state index >= 15 is 0 Å². The van der Waals surface area contributed by atoms with Gasteiger partial charge >= 0.3 is 5.63 Å². The van der Waals surface area contributed by atoms with E-state index in [1.165, 1.54) is 6.07 Å². The molecular formula is C22H17N3O4. The Hall–Kier alpha value is -3.87. The number of rotatable bonds is 3. The second-order valence-corrected chi connectivity index (χ2v) is 6.97. The van der Waals surface area contributed by atoms with Gasteiger partial charge < -0.3 is 14.5 Å². The molecule has 1 aliphatic rings. The highest BCUT2D eigenvalue weighted by molar-refractivity contribution is 5.93. The van der Waals surface area contributed by atoms with E-state index < -0.39 is 5.63 Å². The van der Waals surface area contributed by atoms with Crippen LogP contribution in [-0.2, 0) is 17.9 Å². The molecule has 7 heteroatoms. The van der Waals surface area contributed by atoms with E-state index in [4.69, 9.17) is 9.15 Å². The lowest BCUT2D eigenvalue weighted by Crippen LogP contribution is -2.20. The van der Waals surface area contributed by atoms with Crippen molar-refractivity contribution < 1.29 is 13.9 Å². The zero-order chi connectivity index (χ0) is 20.0. The van der Waals surface area contributed by atoms with Gasteiger partial charge in [0, 0.05) is 34.3 Å². The lowest BCUT2D eigenvalue weighted by molar-refractivity contribution is -0.116. The van der Waals surface area contributed by atoms with Crippen LogP contribution in [-0.4, -0.2) is 15.7 Å². The number of nitrogens with zero attached hydrogens (tertiary/aromatic N) is 2. The number of carbonyl (C=O) groups excluding carboxylic acids is 1. The normalized spacial score (nSPS) is 12.2. The average molecular weight is 387 g/mol. The van der Waals surface area contributed by atoms with Crippen molar-refractivity contribution in [3.63, 3.8) is 0 Å². The Kier molecular flexibility index (Phi) is 3.94. The molecule has 2 aromatic heterocycles. The zero-order valence-corrected chi connectivity index (χ0v) is 15.6. The molecule has 0 spiro atoms. The molecule has 4 aromatic rings. The van der Waals surface area contributed by atoms with Crippen molar-refractivity contribution in [1.82, 2.24) is 9.78 Å². The summed E-state index contributed by atoms with van der Waals surface area (Å²) in [6.45, 7) is 2.33. The first kappa shape index (κ1) is 17.2. The third-order valence-electron chi connectivity index (χ3n) is 4.97. The lowest BCUT2D eigenvalue weighted by Gasteiger charge is -2.19. The number of anilines is 1. The largest absolute Gasteiger partial charge is 0.488 e. The van der Waals surface area contributed by atoms with Gasteiger partial charge in [0.25, 0.3) is 0 Å². The van der Waals surface area contributed by atoms with Crippen molar-refractivity contribution in [1.29, 1.82) is 0 Å². The van der Waals surface area contributed by atoms with Crippen LogP contribution in [0.15, 0.2) is 63.9 Å². The fraction of sp³-hybridized carbons (Fsp3) is 0.136. The summed E-state index contributed by atoms with van der Waals surface area (Å²) >= 11 is 0. The van der Waals surface area contributed by atoms with Gasteiger partial charge in [0.2, 0.25) is 5.91 Å². The summed E-state index contributed by atoms with van der Waals surface area (Å²) in [5, 5.41) is 8.05. The van der Waals surface area contributed by atoms with Crippen molar-refractivity contribution in [3.8, 4) is 17.0 Å². The van der Waals surface area contributed by atoms with Crippen LogP contribution in [0.1, 0.15) is 11.1 Å². The number of aryl methyl sites for hydroxylation is 1. The SMILES string of the molecule is Cc1cc(=O)oc2cc(NC(=O)Cn3ncc4c3-c3ccccc3OC4)ccc12. The third kappa shape index (κ3) is 3.06. The molecule has 0 unspecified atom stereocenters. The molecule has 1 N–H and O–H groups in total. The van der Waals surface area contributed by atoms with Gasteiger partial charge in [-0.3, -0.25) is 9.48 Å². The van der Waals surface area contributed by atoms with E-state index in [1.54, 1.807) is 23.0 Å². The highest BCUT2D eigenvalue weighted by Crippen LogP contribution is 2.37. The van der Waals surface area contributed by atoms with Gasteiger partial charge in [-0.05, 0) is 36.8 Å². The van der Waals surface area contributed by atoms with Crippen molar-refractivity contribution in [2.75, 3.05) is 5.32 Å². The maximum Gasteiger partial charge on any atom is 0.336 e. The van der Waals surface area contributed by atoms with Crippen molar-refractivity contribution in [2.45, 2.75) is 20.1 Å². The van der Waals surface area contributed by atoms with Crippen LogP contribution < -0.4 is 15.7 Å². The van der Waals surface area contributed by atoms with E-state index in [2.05, 4.69) is 10.4 Å². The standard InChI is InChI=1S/C22H17N3O4/c1-13-8-21(27)29-19-9-15(6-7-16(13)19)24-20(26)11-25-22-14(10-23-25)12-28-18-5-3-2-4-17(18)22/h2-10H,11-12H2,1H3,(H,24,26). The van der Waals surface area contributed by atoms with Crippen LogP contribution in [0.5, 0.6) is 5.75 Å². The number of nitrogens with one attached hydrogen (secondary N) is 1. The minimum absolute atomic E-state index is 0.0550. The molecule has 7 nitrogen and oxygen atoms in total. The van der Waals surface area contributed by atoms with Gasteiger partial charge in [0.05, 0.1) is 11.9 Å². The van der Waals surface area contributed by atoms with Crippen LogP contribution in [0.4, 0.5) is 5.69 Å². The molecule has 0 saturated heterocycles. The van der Waals surface area contributed by atoms with Crippen LogP contribution in [0.3, 0.4) is 0 Å². The van der Waals surface area contributed by atoms with Gasteiger partial charge in [-0.1, -0.05) is 12.1 Å². The molecule has 5 rings (SSSR count). The van der Waals surface area contributed by atoms with Crippen molar-refractivity contribution in [3.05, 3.63) is 76.3 Å². The van der Waals surface area contributed by atoms with Crippen LogP contribution >= 0.6 is 0 Å². The van der Waals surface area contributed by atoms with Crippen LogP contribution in [0.2, 0.25) is 0 Å². The molecule has 0 fully saturated rings. The fourth-order valence-electron chi connectivity index (χ4n) is 3.64. The number of aromatic nitrogens is 2. The molecule has 1 aliphatic heterocycles. The Bertz CT molecular complexity index is 1320. The monoisotopic (exact) mass is 387 g/mol. The van der Waals surface area contributed by atoms with Gasteiger partial charge in [0.1, 0.15) is 24.5 Å². The molecule has 3 heterocycles. The lowest BCUT2D eigenvalue weighted by atomic mass is 10.0. The number of para-hydroxylation sites is 1. The molecule has 0 aliphatic carbocycles. The minimum Gasteiger partial charge on any atom is -0.488 e. The number of hydrogen-bond acceptors (Lipinski definition) is 5. The fourth-order valence-corrected chi connectivity index (χ4v) is 3.64.